The summed E-state index contributed by atoms with van der Waals surface area (Å²) in [4.78, 5) is 44.2. The molecule has 16 heteroatoms. The van der Waals surface area contributed by atoms with Crippen LogP contribution in [0.4, 0.5) is 13.2 Å². The molecule has 0 bridgehead atoms. The van der Waals surface area contributed by atoms with Crippen molar-refractivity contribution in [3.8, 4) is 11.5 Å². The van der Waals surface area contributed by atoms with Crippen LogP contribution >= 0.6 is 0 Å². The number of rotatable bonds is 12. The van der Waals surface area contributed by atoms with Crippen LogP contribution in [0, 0.1) is 0 Å². The summed E-state index contributed by atoms with van der Waals surface area (Å²) in [7, 11) is 2.85. The molecule has 3 aliphatic heterocycles. The van der Waals surface area contributed by atoms with Gasteiger partial charge in [-0.15, -0.1) is 0 Å². The Hall–Kier alpha value is -4.38. The van der Waals surface area contributed by atoms with Crippen molar-refractivity contribution in [3.63, 3.8) is 0 Å². The summed E-state index contributed by atoms with van der Waals surface area (Å²) in [6.45, 7) is 4.09. The molecule has 2 aromatic rings. The highest BCUT2D eigenvalue weighted by Crippen LogP contribution is 2.56. The third kappa shape index (κ3) is 6.56. The van der Waals surface area contributed by atoms with Gasteiger partial charge in [-0.2, -0.15) is 13.2 Å². The zero-order valence-electron chi connectivity index (χ0n) is 30.6. The number of benzene rings is 2. The number of hydrogen-bond donors (Lipinski definition) is 2. The number of fused-ring (bicyclic) bond motifs is 3. The lowest BCUT2D eigenvalue weighted by Crippen LogP contribution is -2.60. The molecule has 54 heavy (non-hydrogen) atoms. The quantitative estimate of drug-likeness (QED) is 0.238. The minimum atomic E-state index is -5.46. The minimum absolute atomic E-state index is 0.0188. The van der Waals surface area contributed by atoms with Crippen molar-refractivity contribution in [2.24, 2.45) is 0 Å². The fraction of sp³-hybridized carbons (Fsp3) is 0.553. The average molecular weight is 764 g/mol. The fourth-order valence-electron chi connectivity index (χ4n) is 8.17. The highest BCUT2D eigenvalue weighted by atomic mass is 19.4. The smallest absolute Gasteiger partial charge is 0.432 e. The molecule has 1 spiro atoms. The maximum atomic E-state index is 14.9. The molecular weight excluding hydrogens is 719 g/mol. The van der Waals surface area contributed by atoms with Crippen LogP contribution in [0.25, 0.3) is 0 Å². The van der Waals surface area contributed by atoms with E-state index >= 15 is 0 Å². The molecular formula is C38H44F3NO12. The number of hydrogen-bond acceptors (Lipinski definition) is 13. The summed E-state index contributed by atoms with van der Waals surface area (Å²) >= 11 is 0. The van der Waals surface area contributed by atoms with Crippen molar-refractivity contribution in [1.29, 1.82) is 0 Å². The zero-order valence-corrected chi connectivity index (χ0v) is 30.6. The van der Waals surface area contributed by atoms with E-state index in [9.17, 15) is 37.8 Å². The van der Waals surface area contributed by atoms with Crippen molar-refractivity contribution in [2.75, 3.05) is 41.2 Å². The summed E-state index contributed by atoms with van der Waals surface area (Å²) in [5.41, 5.74) is -8.35. The molecule has 294 valence electrons. The first-order chi connectivity index (χ1) is 25.5. The third-order valence-corrected chi connectivity index (χ3v) is 10.9. The number of carbonyl (C=O) groups is 3. The summed E-state index contributed by atoms with van der Waals surface area (Å²) < 4.78 is 82.8. The molecule has 4 aliphatic rings. The molecule has 1 saturated heterocycles. The van der Waals surface area contributed by atoms with Gasteiger partial charge in [-0.3, -0.25) is 4.90 Å². The molecule has 1 aliphatic carbocycles. The van der Waals surface area contributed by atoms with Crippen LogP contribution in [0.1, 0.15) is 62.1 Å². The molecule has 13 nitrogen and oxygen atoms in total. The van der Waals surface area contributed by atoms with E-state index in [4.69, 9.17) is 33.2 Å². The van der Waals surface area contributed by atoms with Gasteiger partial charge in [0.15, 0.2) is 17.6 Å². The first-order valence-electron chi connectivity index (χ1n) is 17.5. The first-order valence-corrected chi connectivity index (χ1v) is 17.5. The molecule has 0 aromatic heterocycles. The van der Waals surface area contributed by atoms with Gasteiger partial charge in [-0.1, -0.05) is 30.3 Å². The van der Waals surface area contributed by atoms with Gasteiger partial charge in [-0.25, -0.2) is 14.4 Å². The highest BCUT2D eigenvalue weighted by Gasteiger charge is 2.66. The van der Waals surface area contributed by atoms with Crippen LogP contribution in [0.3, 0.4) is 0 Å². The summed E-state index contributed by atoms with van der Waals surface area (Å²) in [6.07, 6.45) is -6.72. The van der Waals surface area contributed by atoms with Gasteiger partial charge in [0.05, 0.1) is 31.3 Å². The topological polar surface area (TPSA) is 160 Å². The largest absolute Gasteiger partial charge is 0.497 e. The van der Waals surface area contributed by atoms with Crippen molar-refractivity contribution < 1.29 is 70.9 Å². The Bertz CT molecular complexity index is 1800. The Balaban J connectivity index is 1.43. The van der Waals surface area contributed by atoms with Crippen molar-refractivity contribution >= 4 is 17.9 Å². The van der Waals surface area contributed by atoms with E-state index in [0.717, 1.165) is 43.3 Å². The number of aliphatic hydroxyl groups is 2. The van der Waals surface area contributed by atoms with Crippen LogP contribution in [0.2, 0.25) is 0 Å². The maximum absolute atomic E-state index is 14.9. The number of nitrogens with zero attached hydrogens (tertiary/aromatic N) is 1. The number of alkyl halides is 3. The third-order valence-electron chi connectivity index (χ3n) is 10.9. The van der Waals surface area contributed by atoms with E-state index < -0.39 is 83.0 Å². The van der Waals surface area contributed by atoms with E-state index in [0.29, 0.717) is 38.0 Å². The Kier molecular flexibility index (Phi) is 10.5. The van der Waals surface area contributed by atoms with Gasteiger partial charge in [0.1, 0.15) is 5.76 Å². The van der Waals surface area contributed by atoms with Crippen molar-refractivity contribution in [2.45, 2.75) is 92.6 Å². The van der Waals surface area contributed by atoms with Crippen LogP contribution in [-0.2, 0) is 50.1 Å². The highest BCUT2D eigenvalue weighted by molar-refractivity contribution is 5.92. The number of carbonyl (C=O) groups excluding carboxylic acids is 3. The number of ether oxygens (including phenoxy) is 7. The van der Waals surface area contributed by atoms with Crippen LogP contribution in [0.5, 0.6) is 11.5 Å². The standard InChI is InChI=1S/C38H44F3NO12/c1-34(2,46)14-15-36(47,30(31(43)49-4)54-33(45)37(50-5,38(39,40)41)23-10-7-6-8-11-23)32(44)53-29-27(48-3)20-35-13-9-16-42(35)17-12-22-18-25-26(52-21-51-25)19-24(22)28(29)35/h6-8,10-11,18-20,28-30,46-47H,9,12-17,21H2,1-5H3/t28-,29-,30+,35+,36-,37+/m1/s1. The lowest BCUT2D eigenvalue weighted by molar-refractivity contribution is -0.281. The molecule has 0 radical (unpaired) electrons. The molecule has 3 heterocycles. The molecule has 0 unspecified atom stereocenters. The number of esters is 3. The van der Waals surface area contributed by atoms with Crippen molar-refractivity contribution in [3.05, 3.63) is 71.0 Å². The van der Waals surface area contributed by atoms with E-state index in [1.54, 1.807) is 0 Å². The minimum Gasteiger partial charge on any atom is -0.497 e. The van der Waals surface area contributed by atoms with Crippen molar-refractivity contribution in [1.82, 2.24) is 4.90 Å². The predicted octanol–water partition coefficient (Wildman–Crippen LogP) is 3.82. The monoisotopic (exact) mass is 763 g/mol. The lowest BCUT2D eigenvalue weighted by Gasteiger charge is -2.40. The molecule has 0 amide bonds. The van der Waals surface area contributed by atoms with Gasteiger partial charge < -0.3 is 43.4 Å². The fourth-order valence-corrected chi connectivity index (χ4v) is 8.17. The van der Waals surface area contributed by atoms with E-state index in [-0.39, 0.29) is 12.6 Å². The summed E-state index contributed by atoms with van der Waals surface area (Å²) in [5, 5.41) is 23.0. The Morgan fingerprint density at radius 1 is 0.981 bits per heavy atom. The van der Waals surface area contributed by atoms with Gasteiger partial charge >= 0.3 is 24.1 Å². The van der Waals surface area contributed by atoms with E-state index in [1.807, 2.05) is 18.2 Å². The van der Waals surface area contributed by atoms with Crippen LogP contribution < -0.4 is 9.47 Å². The second-order valence-electron chi connectivity index (χ2n) is 14.6. The molecule has 1 fully saturated rings. The Morgan fingerprint density at radius 2 is 1.67 bits per heavy atom. The van der Waals surface area contributed by atoms with E-state index in [2.05, 4.69) is 4.90 Å². The zero-order chi connectivity index (χ0) is 39.3. The summed E-state index contributed by atoms with van der Waals surface area (Å²) in [5.74, 6) is -4.66. The Morgan fingerprint density at radius 3 is 2.28 bits per heavy atom. The Labute approximate surface area is 309 Å². The average Bonchev–Trinajstić information content (AvgIpc) is 3.82. The van der Waals surface area contributed by atoms with Crippen LogP contribution in [0.15, 0.2) is 54.3 Å². The second-order valence-corrected chi connectivity index (χ2v) is 14.6. The number of halogens is 3. The molecule has 2 N–H and O–H groups in total. The maximum Gasteiger partial charge on any atom is 0.432 e. The second kappa shape index (κ2) is 14.4. The van der Waals surface area contributed by atoms with E-state index in [1.165, 1.54) is 39.2 Å². The van der Waals surface area contributed by atoms with Gasteiger partial charge in [0.25, 0.3) is 5.60 Å². The SMILES string of the molecule is COC(=O)[C@H](OC(=O)[C@@](OC)(c1ccccc1)C(F)(F)F)[C@](O)(CCC(C)(C)O)C(=O)O[C@@H]1C(OC)=C[C@]23CCCN2CCc2cc4c(cc2[C@H]13)OCO4. The molecule has 6 rings (SSSR count). The molecule has 6 atom stereocenters. The lowest BCUT2D eigenvalue weighted by atomic mass is 9.77. The van der Waals surface area contributed by atoms with Gasteiger partial charge in [0, 0.05) is 19.2 Å². The summed E-state index contributed by atoms with van der Waals surface area (Å²) in [6, 6.07) is 9.52. The normalized spacial score (nSPS) is 24.7. The number of methoxy groups -OCH3 is 3. The first kappa shape index (κ1) is 39.3. The predicted molar refractivity (Wildman–Crippen MR) is 181 cm³/mol. The van der Waals surface area contributed by atoms with Gasteiger partial charge in [0.2, 0.25) is 18.5 Å². The molecule has 2 aromatic carbocycles. The van der Waals surface area contributed by atoms with Gasteiger partial charge in [-0.05, 0) is 81.8 Å². The molecule has 0 saturated carbocycles. The van der Waals surface area contributed by atoms with Crippen LogP contribution in [-0.4, -0.2) is 109 Å².